The number of carbonyl (C=O) groups excluding carboxylic acids is 1. The lowest BCUT2D eigenvalue weighted by Gasteiger charge is -2.04. The van der Waals surface area contributed by atoms with Gasteiger partial charge in [-0.2, -0.15) is 0 Å². The molecule has 0 saturated carbocycles. The number of hydrogen-bond donors (Lipinski definition) is 0. The molecule has 0 aromatic heterocycles. The van der Waals surface area contributed by atoms with E-state index in [2.05, 4.69) is 15.9 Å². The van der Waals surface area contributed by atoms with Crippen molar-refractivity contribution in [2.24, 2.45) is 0 Å². The zero-order valence-corrected chi connectivity index (χ0v) is 11.9. The Hall–Kier alpha value is -1.62. The van der Waals surface area contributed by atoms with Gasteiger partial charge in [-0.15, -0.1) is 0 Å². The molecule has 0 radical (unpaired) electrons. The van der Waals surface area contributed by atoms with E-state index in [-0.39, 0.29) is 18.6 Å². The minimum absolute atomic E-state index is 0.0225. The molecule has 0 saturated heterocycles. The molecule has 2 rings (SSSR count). The monoisotopic (exact) mass is 342 g/mol. The zero-order chi connectivity index (χ0) is 14.7. The van der Waals surface area contributed by atoms with E-state index < -0.39 is 17.5 Å². The molecule has 0 fully saturated rings. The fourth-order valence-corrected chi connectivity index (χ4v) is 2.39. The maximum atomic E-state index is 13.2. The SMILES string of the molecule is O=C(Cc1cc(F)cc(Br)c1)Cc1ccc(F)c(F)c1. The number of halogens is 4. The van der Waals surface area contributed by atoms with E-state index in [0.717, 1.165) is 12.1 Å². The van der Waals surface area contributed by atoms with Crippen LogP contribution in [0.1, 0.15) is 11.1 Å². The second kappa shape index (κ2) is 6.22. The summed E-state index contributed by atoms with van der Waals surface area (Å²) in [6, 6.07) is 7.55. The van der Waals surface area contributed by atoms with Crippen LogP contribution in [0, 0.1) is 17.5 Å². The molecule has 20 heavy (non-hydrogen) atoms. The Balaban J connectivity index is 2.06. The van der Waals surface area contributed by atoms with E-state index in [1.165, 1.54) is 18.2 Å². The maximum absolute atomic E-state index is 13.2. The lowest BCUT2D eigenvalue weighted by atomic mass is 10.0. The van der Waals surface area contributed by atoms with Crippen LogP contribution >= 0.6 is 15.9 Å². The Morgan fingerprint density at radius 3 is 2.25 bits per heavy atom. The van der Waals surface area contributed by atoms with E-state index in [9.17, 15) is 18.0 Å². The van der Waals surface area contributed by atoms with Crippen LogP contribution in [0.25, 0.3) is 0 Å². The van der Waals surface area contributed by atoms with Gasteiger partial charge in [0.15, 0.2) is 11.6 Å². The highest BCUT2D eigenvalue weighted by Gasteiger charge is 2.09. The van der Waals surface area contributed by atoms with Crippen molar-refractivity contribution >= 4 is 21.7 Å². The molecule has 0 aliphatic carbocycles. The molecule has 0 heterocycles. The average Bonchev–Trinajstić information content (AvgIpc) is 2.32. The number of Topliss-reactive ketones (excluding diaryl/α,β-unsaturated/α-hetero) is 1. The first-order valence-corrected chi connectivity index (χ1v) is 6.64. The van der Waals surface area contributed by atoms with E-state index in [1.807, 2.05) is 0 Å². The molecule has 2 aromatic rings. The van der Waals surface area contributed by atoms with Gasteiger partial charge in [0.25, 0.3) is 0 Å². The highest BCUT2D eigenvalue weighted by atomic mass is 79.9. The van der Waals surface area contributed by atoms with Crippen LogP contribution in [0.3, 0.4) is 0 Å². The van der Waals surface area contributed by atoms with Crippen LogP contribution in [0.2, 0.25) is 0 Å². The minimum Gasteiger partial charge on any atom is -0.299 e. The van der Waals surface area contributed by atoms with Crippen LogP contribution in [0.4, 0.5) is 13.2 Å². The summed E-state index contributed by atoms with van der Waals surface area (Å²) >= 11 is 3.14. The van der Waals surface area contributed by atoms with Gasteiger partial charge in [-0.25, -0.2) is 13.2 Å². The first-order valence-electron chi connectivity index (χ1n) is 5.84. The van der Waals surface area contributed by atoms with Gasteiger partial charge < -0.3 is 0 Å². The van der Waals surface area contributed by atoms with Crippen molar-refractivity contribution in [2.75, 3.05) is 0 Å². The standard InChI is InChI=1S/C15H10BrF3O/c16-11-3-10(4-12(17)8-11)6-13(20)5-9-1-2-14(18)15(19)7-9/h1-4,7-8H,5-6H2. The highest BCUT2D eigenvalue weighted by Crippen LogP contribution is 2.16. The summed E-state index contributed by atoms with van der Waals surface area (Å²) in [5, 5.41) is 0. The molecule has 2 aromatic carbocycles. The van der Waals surface area contributed by atoms with Crippen molar-refractivity contribution in [3.05, 3.63) is 69.4 Å². The van der Waals surface area contributed by atoms with E-state index in [0.29, 0.717) is 15.6 Å². The first-order chi connectivity index (χ1) is 9.44. The van der Waals surface area contributed by atoms with Crippen LogP contribution in [-0.2, 0) is 17.6 Å². The summed E-state index contributed by atoms with van der Waals surface area (Å²) in [4.78, 5) is 11.8. The maximum Gasteiger partial charge on any atom is 0.159 e. The van der Waals surface area contributed by atoms with Gasteiger partial charge in [0.05, 0.1) is 0 Å². The number of carbonyl (C=O) groups is 1. The van der Waals surface area contributed by atoms with Crippen molar-refractivity contribution < 1.29 is 18.0 Å². The minimum atomic E-state index is -0.983. The second-order valence-corrected chi connectivity index (χ2v) is 5.33. The fraction of sp³-hybridized carbons (Fsp3) is 0.133. The third-order valence-corrected chi connectivity index (χ3v) is 3.17. The first kappa shape index (κ1) is 14.8. The van der Waals surface area contributed by atoms with Gasteiger partial charge in [-0.05, 0) is 41.5 Å². The zero-order valence-electron chi connectivity index (χ0n) is 10.3. The van der Waals surface area contributed by atoms with Crippen LogP contribution in [0.5, 0.6) is 0 Å². The van der Waals surface area contributed by atoms with Crippen LogP contribution < -0.4 is 0 Å². The van der Waals surface area contributed by atoms with Crippen molar-refractivity contribution in [2.45, 2.75) is 12.8 Å². The molecule has 0 aliphatic rings. The molecule has 0 atom stereocenters. The van der Waals surface area contributed by atoms with Gasteiger partial charge in [0, 0.05) is 17.3 Å². The van der Waals surface area contributed by atoms with Gasteiger partial charge in [0.2, 0.25) is 0 Å². The molecule has 104 valence electrons. The summed E-state index contributed by atoms with van der Waals surface area (Å²) < 4.78 is 39.5. The van der Waals surface area contributed by atoms with Gasteiger partial charge >= 0.3 is 0 Å². The largest absolute Gasteiger partial charge is 0.299 e. The summed E-state index contributed by atoms with van der Waals surface area (Å²) in [5.41, 5.74) is 0.925. The molecular formula is C15H10BrF3O. The summed E-state index contributed by atoms with van der Waals surface area (Å²) in [6.07, 6.45) is 0.0146. The van der Waals surface area contributed by atoms with Crippen molar-refractivity contribution in [3.63, 3.8) is 0 Å². The van der Waals surface area contributed by atoms with E-state index >= 15 is 0 Å². The Morgan fingerprint density at radius 2 is 1.60 bits per heavy atom. The second-order valence-electron chi connectivity index (χ2n) is 4.42. The van der Waals surface area contributed by atoms with Crippen molar-refractivity contribution in [3.8, 4) is 0 Å². The van der Waals surface area contributed by atoms with Crippen molar-refractivity contribution in [1.82, 2.24) is 0 Å². The lowest BCUT2D eigenvalue weighted by molar-refractivity contribution is -0.117. The van der Waals surface area contributed by atoms with E-state index in [4.69, 9.17) is 0 Å². The molecule has 0 unspecified atom stereocenters. The van der Waals surface area contributed by atoms with E-state index in [1.54, 1.807) is 6.07 Å². The summed E-state index contributed by atoms with van der Waals surface area (Å²) in [5.74, 6) is -2.57. The highest BCUT2D eigenvalue weighted by molar-refractivity contribution is 9.10. The Bertz CT molecular complexity index is 635. The average molecular weight is 343 g/mol. The molecule has 0 bridgehead atoms. The fourth-order valence-electron chi connectivity index (χ4n) is 1.88. The van der Waals surface area contributed by atoms with Gasteiger partial charge in [0.1, 0.15) is 11.6 Å². The van der Waals surface area contributed by atoms with Crippen LogP contribution in [-0.4, -0.2) is 5.78 Å². The Kier molecular flexibility index (Phi) is 4.60. The van der Waals surface area contributed by atoms with Gasteiger partial charge in [-0.1, -0.05) is 22.0 Å². The Morgan fingerprint density at radius 1 is 0.900 bits per heavy atom. The normalized spacial score (nSPS) is 10.6. The summed E-state index contributed by atoms with van der Waals surface area (Å²) in [7, 11) is 0. The predicted octanol–water partition coefficient (Wildman–Crippen LogP) is 4.22. The molecule has 1 nitrogen and oxygen atoms in total. The number of benzene rings is 2. The van der Waals surface area contributed by atoms with Crippen LogP contribution in [0.15, 0.2) is 40.9 Å². The predicted molar refractivity (Wildman–Crippen MR) is 72.9 cm³/mol. The number of ketones is 1. The smallest absolute Gasteiger partial charge is 0.159 e. The summed E-state index contributed by atoms with van der Waals surface area (Å²) in [6.45, 7) is 0. The third-order valence-electron chi connectivity index (χ3n) is 2.71. The molecular weight excluding hydrogens is 333 g/mol. The Labute approximate surface area is 122 Å². The molecule has 0 spiro atoms. The number of hydrogen-bond acceptors (Lipinski definition) is 1. The quantitative estimate of drug-likeness (QED) is 0.812. The molecule has 5 heteroatoms. The lowest BCUT2D eigenvalue weighted by Crippen LogP contribution is -2.07. The number of rotatable bonds is 4. The van der Waals surface area contributed by atoms with Crippen molar-refractivity contribution in [1.29, 1.82) is 0 Å². The molecule has 0 aliphatic heterocycles. The molecule has 0 amide bonds. The molecule has 0 N–H and O–H groups in total. The third kappa shape index (κ3) is 3.93. The van der Waals surface area contributed by atoms with Gasteiger partial charge in [-0.3, -0.25) is 4.79 Å². The topological polar surface area (TPSA) is 17.1 Å².